The van der Waals surface area contributed by atoms with E-state index in [0.29, 0.717) is 16.6 Å². The Hall–Kier alpha value is -0.790. The molecule has 0 radical (unpaired) electrons. The number of nitrogens with one attached hydrogen (secondary N) is 1. The molecule has 1 aliphatic rings. The normalized spacial score (nSPS) is 21.6. The number of Topliss-reactive ketones (excluding diaryl/α,β-unsaturated/α-hetero) is 1. The van der Waals surface area contributed by atoms with Crippen LogP contribution in [0.1, 0.15) is 12.0 Å². The zero-order valence-electron chi connectivity index (χ0n) is 10.7. The van der Waals surface area contributed by atoms with Crippen LogP contribution in [0.4, 0.5) is 4.39 Å². The topological polar surface area (TPSA) is 63.2 Å². The predicted molar refractivity (Wildman–Crippen MR) is 77.9 cm³/mol. The van der Waals surface area contributed by atoms with Crippen molar-refractivity contribution in [1.82, 2.24) is 5.32 Å². The van der Waals surface area contributed by atoms with Gasteiger partial charge in [0.15, 0.2) is 9.84 Å². The molecule has 1 atom stereocenters. The average molecular weight is 364 g/mol. The van der Waals surface area contributed by atoms with E-state index in [2.05, 4.69) is 21.2 Å². The second-order valence-electron chi connectivity index (χ2n) is 4.92. The fourth-order valence-corrected chi connectivity index (χ4v) is 4.07. The lowest BCUT2D eigenvalue weighted by Gasteiger charge is -2.23. The summed E-state index contributed by atoms with van der Waals surface area (Å²) in [7, 11) is -3.05. The standard InChI is InChI=1S/C13H15BrFNO3S/c14-13-2-1-10(15)5-9(13)6-12(17)7-11-8-20(18,19)4-3-16-11/h1-2,5,11,16H,3-4,6-8H2. The van der Waals surface area contributed by atoms with Gasteiger partial charge >= 0.3 is 0 Å². The summed E-state index contributed by atoms with van der Waals surface area (Å²) in [4.78, 5) is 12.0. The zero-order valence-corrected chi connectivity index (χ0v) is 13.1. The minimum atomic E-state index is -3.05. The van der Waals surface area contributed by atoms with Crippen LogP contribution in [-0.2, 0) is 21.1 Å². The summed E-state index contributed by atoms with van der Waals surface area (Å²) in [5, 5.41) is 3.03. The average Bonchev–Trinajstić information content (AvgIpc) is 2.32. The Bertz CT molecular complexity index is 618. The summed E-state index contributed by atoms with van der Waals surface area (Å²) in [5.41, 5.74) is 0.577. The Morgan fingerprint density at radius 3 is 2.90 bits per heavy atom. The van der Waals surface area contributed by atoms with E-state index in [9.17, 15) is 17.6 Å². The molecule has 1 fully saturated rings. The number of benzene rings is 1. The first kappa shape index (κ1) is 15.6. The molecule has 0 amide bonds. The highest BCUT2D eigenvalue weighted by Crippen LogP contribution is 2.19. The SMILES string of the molecule is O=C(Cc1cc(F)ccc1Br)CC1CS(=O)(=O)CCN1. The molecule has 0 aromatic heterocycles. The minimum Gasteiger partial charge on any atom is -0.312 e. The molecular formula is C13H15BrFNO3S. The van der Waals surface area contributed by atoms with E-state index in [-0.39, 0.29) is 36.2 Å². The van der Waals surface area contributed by atoms with Gasteiger partial charge in [0.1, 0.15) is 11.6 Å². The molecule has 0 spiro atoms. The number of carbonyl (C=O) groups is 1. The number of carbonyl (C=O) groups excluding carboxylic acids is 1. The maximum atomic E-state index is 13.1. The molecule has 1 unspecified atom stereocenters. The number of halogens is 2. The van der Waals surface area contributed by atoms with E-state index in [1.165, 1.54) is 12.1 Å². The van der Waals surface area contributed by atoms with Gasteiger partial charge in [0.25, 0.3) is 0 Å². The number of hydrogen-bond acceptors (Lipinski definition) is 4. The van der Waals surface area contributed by atoms with Crippen LogP contribution in [0.5, 0.6) is 0 Å². The van der Waals surface area contributed by atoms with Gasteiger partial charge in [-0.1, -0.05) is 15.9 Å². The Morgan fingerprint density at radius 1 is 1.45 bits per heavy atom. The lowest BCUT2D eigenvalue weighted by molar-refractivity contribution is -0.118. The zero-order chi connectivity index (χ0) is 14.8. The van der Waals surface area contributed by atoms with E-state index in [1.807, 2.05) is 0 Å². The van der Waals surface area contributed by atoms with Crippen molar-refractivity contribution in [3.63, 3.8) is 0 Å². The second kappa shape index (κ2) is 6.32. The van der Waals surface area contributed by atoms with Crippen LogP contribution in [0.15, 0.2) is 22.7 Å². The fraction of sp³-hybridized carbons (Fsp3) is 0.462. The first-order chi connectivity index (χ1) is 9.35. The molecule has 20 heavy (non-hydrogen) atoms. The minimum absolute atomic E-state index is 0.0109. The van der Waals surface area contributed by atoms with Gasteiger partial charge in [-0.3, -0.25) is 4.79 Å². The van der Waals surface area contributed by atoms with Gasteiger partial charge in [-0.2, -0.15) is 0 Å². The van der Waals surface area contributed by atoms with Gasteiger partial charge in [0.2, 0.25) is 0 Å². The highest BCUT2D eigenvalue weighted by molar-refractivity contribution is 9.10. The monoisotopic (exact) mass is 363 g/mol. The first-order valence-corrected chi connectivity index (χ1v) is 8.86. The summed E-state index contributed by atoms with van der Waals surface area (Å²) in [6, 6.07) is 3.84. The van der Waals surface area contributed by atoms with Crippen LogP contribution < -0.4 is 5.32 Å². The van der Waals surface area contributed by atoms with Crippen molar-refractivity contribution in [2.75, 3.05) is 18.1 Å². The molecule has 0 aliphatic carbocycles. The summed E-state index contributed by atoms with van der Waals surface area (Å²) in [6.45, 7) is 0.379. The highest BCUT2D eigenvalue weighted by atomic mass is 79.9. The van der Waals surface area contributed by atoms with Crippen molar-refractivity contribution in [3.8, 4) is 0 Å². The van der Waals surface area contributed by atoms with E-state index >= 15 is 0 Å². The maximum absolute atomic E-state index is 13.1. The fourth-order valence-electron chi connectivity index (χ4n) is 2.24. The number of ketones is 1. The molecule has 2 rings (SSSR count). The van der Waals surface area contributed by atoms with E-state index in [4.69, 9.17) is 0 Å². The van der Waals surface area contributed by atoms with Crippen molar-refractivity contribution in [1.29, 1.82) is 0 Å². The summed E-state index contributed by atoms with van der Waals surface area (Å²) in [6.07, 6.45) is 0.235. The van der Waals surface area contributed by atoms with Crippen LogP contribution in [0, 0.1) is 5.82 Å². The molecule has 0 saturated carbocycles. The number of rotatable bonds is 4. The third-order valence-corrected chi connectivity index (χ3v) is 5.68. The molecule has 1 aliphatic heterocycles. The Balaban J connectivity index is 1.97. The van der Waals surface area contributed by atoms with Gasteiger partial charge in [-0.25, -0.2) is 12.8 Å². The lowest BCUT2D eigenvalue weighted by atomic mass is 10.0. The van der Waals surface area contributed by atoms with Crippen LogP contribution >= 0.6 is 15.9 Å². The Kier molecular flexibility index (Phi) is 4.93. The Morgan fingerprint density at radius 2 is 2.20 bits per heavy atom. The van der Waals surface area contributed by atoms with Crippen molar-refractivity contribution in [2.45, 2.75) is 18.9 Å². The third kappa shape index (κ3) is 4.36. The van der Waals surface area contributed by atoms with Crippen LogP contribution in [-0.4, -0.2) is 38.3 Å². The molecule has 110 valence electrons. The maximum Gasteiger partial charge on any atom is 0.153 e. The summed E-state index contributed by atoms with van der Waals surface area (Å²) >= 11 is 3.27. The summed E-state index contributed by atoms with van der Waals surface area (Å²) < 4.78 is 36.8. The molecular weight excluding hydrogens is 349 g/mol. The number of sulfone groups is 1. The van der Waals surface area contributed by atoms with Gasteiger partial charge < -0.3 is 5.32 Å². The van der Waals surface area contributed by atoms with Crippen molar-refractivity contribution >= 4 is 31.6 Å². The molecule has 1 saturated heterocycles. The van der Waals surface area contributed by atoms with Crippen molar-refractivity contribution in [3.05, 3.63) is 34.1 Å². The van der Waals surface area contributed by atoms with Gasteiger partial charge in [0.05, 0.1) is 11.5 Å². The number of hydrogen-bond donors (Lipinski definition) is 1. The molecule has 0 bridgehead atoms. The quantitative estimate of drug-likeness (QED) is 0.879. The molecule has 1 aromatic carbocycles. The van der Waals surface area contributed by atoms with Gasteiger partial charge in [-0.15, -0.1) is 0 Å². The van der Waals surface area contributed by atoms with E-state index < -0.39 is 15.7 Å². The van der Waals surface area contributed by atoms with Gasteiger partial charge in [0, 0.05) is 29.9 Å². The lowest BCUT2D eigenvalue weighted by Crippen LogP contribution is -2.46. The van der Waals surface area contributed by atoms with Crippen molar-refractivity contribution in [2.24, 2.45) is 0 Å². The van der Waals surface area contributed by atoms with Crippen LogP contribution in [0.2, 0.25) is 0 Å². The van der Waals surface area contributed by atoms with Crippen LogP contribution in [0.25, 0.3) is 0 Å². The smallest absolute Gasteiger partial charge is 0.153 e. The molecule has 4 nitrogen and oxygen atoms in total. The van der Waals surface area contributed by atoms with Crippen LogP contribution in [0.3, 0.4) is 0 Å². The molecule has 1 heterocycles. The largest absolute Gasteiger partial charge is 0.312 e. The molecule has 1 aromatic rings. The van der Waals surface area contributed by atoms with E-state index in [1.54, 1.807) is 6.07 Å². The van der Waals surface area contributed by atoms with Gasteiger partial charge in [-0.05, 0) is 23.8 Å². The first-order valence-electron chi connectivity index (χ1n) is 6.25. The summed E-state index contributed by atoms with van der Waals surface area (Å²) in [5.74, 6) is -0.392. The predicted octanol–water partition coefficient (Wildman–Crippen LogP) is 1.48. The second-order valence-corrected chi connectivity index (χ2v) is 8.00. The highest BCUT2D eigenvalue weighted by Gasteiger charge is 2.26. The third-order valence-electron chi connectivity index (χ3n) is 3.17. The molecule has 7 heteroatoms. The van der Waals surface area contributed by atoms with E-state index in [0.717, 1.165) is 0 Å². The van der Waals surface area contributed by atoms with Crippen molar-refractivity contribution < 1.29 is 17.6 Å². The molecule has 1 N–H and O–H groups in total. The Labute approximate surface area is 125 Å².